The summed E-state index contributed by atoms with van der Waals surface area (Å²) in [6.45, 7) is 3.41. The minimum Gasteiger partial charge on any atom is -0.396 e. The third kappa shape index (κ3) is 4.08. The van der Waals surface area contributed by atoms with Crippen LogP contribution >= 0.6 is 0 Å². The number of carbonyl (C=O) groups is 1. The molecule has 1 aliphatic heterocycles. The lowest BCUT2D eigenvalue weighted by molar-refractivity contribution is -0.134. The van der Waals surface area contributed by atoms with Crippen molar-refractivity contribution in [2.24, 2.45) is 5.92 Å². The zero-order valence-corrected chi connectivity index (χ0v) is 13.2. The van der Waals surface area contributed by atoms with Gasteiger partial charge in [0.25, 0.3) is 0 Å². The van der Waals surface area contributed by atoms with E-state index in [1.165, 1.54) is 5.56 Å². The molecule has 0 radical (unpaired) electrons. The lowest BCUT2D eigenvalue weighted by atomic mass is 9.98. The Bertz CT molecular complexity index is 479. The van der Waals surface area contributed by atoms with Crippen LogP contribution in [0.2, 0.25) is 0 Å². The molecule has 1 N–H and O–H groups in total. The maximum Gasteiger partial charge on any atom is 0.237 e. The van der Waals surface area contributed by atoms with E-state index < -0.39 is 0 Å². The molecule has 0 spiro atoms. The molecular weight excluding hydrogens is 276 g/mol. The second kappa shape index (κ2) is 7.25. The number of benzene rings is 1. The van der Waals surface area contributed by atoms with Gasteiger partial charge in [0.2, 0.25) is 5.91 Å². The van der Waals surface area contributed by atoms with Crippen LogP contribution in [0.15, 0.2) is 30.3 Å². The third-order valence-corrected chi connectivity index (χ3v) is 4.83. The van der Waals surface area contributed by atoms with E-state index in [-0.39, 0.29) is 12.5 Å². The first-order valence-corrected chi connectivity index (χ1v) is 8.43. The number of aliphatic hydroxyl groups is 1. The van der Waals surface area contributed by atoms with Crippen molar-refractivity contribution in [1.29, 1.82) is 0 Å². The monoisotopic (exact) mass is 302 g/mol. The van der Waals surface area contributed by atoms with Crippen LogP contribution in [0, 0.1) is 5.92 Å². The Balaban J connectivity index is 1.54. The predicted molar refractivity (Wildman–Crippen MR) is 86.3 cm³/mol. The van der Waals surface area contributed by atoms with E-state index in [1.807, 2.05) is 18.2 Å². The summed E-state index contributed by atoms with van der Waals surface area (Å²) in [5, 5.41) is 9.20. The Morgan fingerprint density at radius 1 is 1.14 bits per heavy atom. The van der Waals surface area contributed by atoms with E-state index in [0.717, 1.165) is 45.3 Å². The fourth-order valence-electron chi connectivity index (χ4n) is 3.20. The van der Waals surface area contributed by atoms with E-state index in [9.17, 15) is 9.90 Å². The van der Waals surface area contributed by atoms with Crippen LogP contribution in [0.3, 0.4) is 0 Å². The quantitative estimate of drug-likeness (QED) is 0.872. The summed E-state index contributed by atoms with van der Waals surface area (Å²) >= 11 is 0. The fraction of sp³-hybridized carbons (Fsp3) is 0.611. The topological polar surface area (TPSA) is 43.8 Å². The van der Waals surface area contributed by atoms with Gasteiger partial charge in [-0.1, -0.05) is 30.3 Å². The van der Waals surface area contributed by atoms with E-state index in [2.05, 4.69) is 21.9 Å². The van der Waals surface area contributed by atoms with Gasteiger partial charge in [-0.15, -0.1) is 0 Å². The summed E-state index contributed by atoms with van der Waals surface area (Å²) < 4.78 is 0. The van der Waals surface area contributed by atoms with Crippen molar-refractivity contribution in [2.75, 3.05) is 26.2 Å². The van der Waals surface area contributed by atoms with Gasteiger partial charge in [0.15, 0.2) is 0 Å². The molecule has 3 rings (SSSR count). The summed E-state index contributed by atoms with van der Waals surface area (Å²) in [7, 11) is 0. The van der Waals surface area contributed by atoms with E-state index in [4.69, 9.17) is 0 Å². The van der Waals surface area contributed by atoms with Crippen LogP contribution in [-0.4, -0.2) is 53.1 Å². The number of nitrogens with zero attached hydrogens (tertiary/aromatic N) is 2. The molecule has 1 saturated carbocycles. The first kappa shape index (κ1) is 15.5. The van der Waals surface area contributed by atoms with Gasteiger partial charge in [0, 0.05) is 19.2 Å². The molecule has 22 heavy (non-hydrogen) atoms. The highest BCUT2D eigenvalue weighted by Crippen LogP contribution is 2.29. The number of amides is 1. The Morgan fingerprint density at radius 2 is 1.82 bits per heavy atom. The van der Waals surface area contributed by atoms with Crippen molar-refractivity contribution in [2.45, 2.75) is 38.3 Å². The van der Waals surface area contributed by atoms with Crippen LogP contribution in [0.5, 0.6) is 0 Å². The molecule has 1 saturated heterocycles. The number of carbonyl (C=O) groups excluding carboxylic acids is 1. The predicted octanol–water partition coefficient (Wildman–Crippen LogP) is 1.88. The Morgan fingerprint density at radius 3 is 2.41 bits per heavy atom. The van der Waals surface area contributed by atoms with Crippen molar-refractivity contribution < 1.29 is 9.90 Å². The number of piperidine rings is 1. The van der Waals surface area contributed by atoms with Gasteiger partial charge in [-0.25, -0.2) is 0 Å². The molecule has 2 fully saturated rings. The van der Waals surface area contributed by atoms with Gasteiger partial charge in [0.1, 0.15) is 0 Å². The molecule has 4 heteroatoms. The van der Waals surface area contributed by atoms with Crippen molar-refractivity contribution in [3.63, 3.8) is 0 Å². The lowest BCUT2D eigenvalue weighted by Crippen LogP contribution is -2.44. The molecule has 0 aromatic heterocycles. The zero-order chi connectivity index (χ0) is 15.4. The second-order valence-electron chi connectivity index (χ2n) is 6.64. The van der Waals surface area contributed by atoms with E-state index in [1.54, 1.807) is 0 Å². The number of hydrogen-bond donors (Lipinski definition) is 1. The molecule has 2 aliphatic rings. The SMILES string of the molecule is O=C(CN1CCC(CO)CC1)N(Cc1ccccc1)C1CC1. The van der Waals surface area contributed by atoms with Crippen LogP contribution in [0.1, 0.15) is 31.2 Å². The van der Waals surface area contributed by atoms with Gasteiger partial charge < -0.3 is 10.0 Å². The van der Waals surface area contributed by atoms with Crippen molar-refractivity contribution in [1.82, 2.24) is 9.80 Å². The second-order valence-corrected chi connectivity index (χ2v) is 6.64. The Labute approximate surface area is 132 Å². The van der Waals surface area contributed by atoms with Crippen molar-refractivity contribution in [3.05, 3.63) is 35.9 Å². The van der Waals surface area contributed by atoms with Crippen LogP contribution < -0.4 is 0 Å². The Kier molecular flexibility index (Phi) is 5.11. The third-order valence-electron chi connectivity index (χ3n) is 4.83. The normalized spacial score (nSPS) is 20.0. The first-order chi connectivity index (χ1) is 10.8. The van der Waals surface area contributed by atoms with Crippen molar-refractivity contribution >= 4 is 5.91 Å². The summed E-state index contributed by atoms with van der Waals surface area (Å²) in [4.78, 5) is 17.0. The van der Waals surface area contributed by atoms with Crippen LogP contribution in [0.25, 0.3) is 0 Å². The highest BCUT2D eigenvalue weighted by Gasteiger charge is 2.33. The van der Waals surface area contributed by atoms with Crippen LogP contribution in [0.4, 0.5) is 0 Å². The average molecular weight is 302 g/mol. The molecule has 1 aromatic carbocycles. The smallest absolute Gasteiger partial charge is 0.237 e. The summed E-state index contributed by atoms with van der Waals surface area (Å²) in [6.07, 6.45) is 4.30. The molecular formula is C18H26N2O2. The number of aliphatic hydroxyl groups excluding tert-OH is 1. The molecule has 1 aromatic rings. The molecule has 0 bridgehead atoms. The summed E-state index contributed by atoms with van der Waals surface area (Å²) in [5.74, 6) is 0.684. The minimum atomic E-state index is 0.258. The van der Waals surface area contributed by atoms with Gasteiger partial charge in [-0.3, -0.25) is 9.69 Å². The maximum atomic E-state index is 12.7. The molecule has 0 unspecified atom stereocenters. The number of rotatable bonds is 6. The fourth-order valence-corrected chi connectivity index (χ4v) is 3.20. The summed E-state index contributed by atoms with van der Waals surface area (Å²) in [5.41, 5.74) is 1.21. The molecule has 1 aliphatic carbocycles. The molecule has 1 amide bonds. The zero-order valence-electron chi connectivity index (χ0n) is 13.2. The maximum absolute atomic E-state index is 12.7. The van der Waals surface area contributed by atoms with Gasteiger partial charge >= 0.3 is 0 Å². The largest absolute Gasteiger partial charge is 0.396 e. The lowest BCUT2D eigenvalue weighted by Gasteiger charge is -2.32. The van der Waals surface area contributed by atoms with E-state index >= 15 is 0 Å². The molecule has 0 atom stereocenters. The van der Waals surface area contributed by atoms with Gasteiger partial charge in [-0.2, -0.15) is 0 Å². The van der Waals surface area contributed by atoms with Crippen molar-refractivity contribution in [3.8, 4) is 0 Å². The number of hydrogen-bond acceptors (Lipinski definition) is 3. The molecule has 1 heterocycles. The van der Waals surface area contributed by atoms with E-state index in [0.29, 0.717) is 18.5 Å². The van der Waals surface area contributed by atoms with Gasteiger partial charge in [-0.05, 0) is 50.3 Å². The average Bonchev–Trinajstić information content (AvgIpc) is 3.39. The molecule has 4 nitrogen and oxygen atoms in total. The highest BCUT2D eigenvalue weighted by atomic mass is 16.3. The summed E-state index contributed by atoms with van der Waals surface area (Å²) in [6, 6.07) is 10.7. The minimum absolute atomic E-state index is 0.258. The standard InChI is InChI=1S/C18H26N2O2/c21-14-16-8-10-19(11-9-16)13-18(22)20(17-6-7-17)12-15-4-2-1-3-5-15/h1-5,16-17,21H,6-14H2. The van der Waals surface area contributed by atoms with Crippen LogP contribution in [-0.2, 0) is 11.3 Å². The first-order valence-electron chi connectivity index (χ1n) is 8.43. The number of likely N-dealkylation sites (tertiary alicyclic amines) is 1. The van der Waals surface area contributed by atoms with Gasteiger partial charge in [0.05, 0.1) is 6.54 Å². The molecule has 120 valence electrons. The highest BCUT2D eigenvalue weighted by molar-refractivity contribution is 5.79. The Hall–Kier alpha value is -1.39.